The van der Waals surface area contributed by atoms with Crippen molar-refractivity contribution in [3.63, 3.8) is 0 Å². The van der Waals surface area contributed by atoms with Crippen LogP contribution < -0.4 is 17.1 Å². The molecule has 0 aliphatic rings. The molecule has 0 saturated carbocycles. The maximum Gasteiger partial charge on any atom is 2.00 e. The fourth-order valence-electron chi connectivity index (χ4n) is 0. The van der Waals surface area contributed by atoms with E-state index >= 15 is 0 Å². The minimum Gasteiger partial charge on any atom is -1.00 e. The van der Waals surface area contributed by atoms with Crippen molar-refractivity contribution in [3.8, 4) is 0 Å². The zero-order valence-corrected chi connectivity index (χ0v) is 7.58. The van der Waals surface area contributed by atoms with Crippen LogP contribution >= 0.6 is 24.3 Å². The van der Waals surface area contributed by atoms with Crippen LogP contribution in [-0.4, -0.2) is 0 Å². The fraction of sp³-hybridized carbons (Fsp3) is 0. The summed E-state index contributed by atoms with van der Waals surface area (Å²) < 4.78 is 7.72. The molecule has 0 aromatic heterocycles. The van der Waals surface area contributed by atoms with E-state index in [1.165, 1.54) is 0 Å². The van der Waals surface area contributed by atoms with Crippen LogP contribution in [0, 0.1) is 0 Å². The van der Waals surface area contributed by atoms with E-state index in [1.54, 1.807) is 0 Å². The molecule has 0 atom stereocenters. The molecule has 0 bridgehead atoms. The van der Waals surface area contributed by atoms with Crippen LogP contribution in [0.1, 0.15) is 0 Å². The topological polar surface area (TPSA) is 23.1 Å². The summed E-state index contributed by atoms with van der Waals surface area (Å²) in [6.07, 6.45) is 0. The maximum atomic E-state index is 7.72. The van der Waals surface area contributed by atoms with Crippen LogP contribution in [0.3, 0.4) is 0 Å². The smallest absolute Gasteiger partial charge is 1.00 e. The summed E-state index contributed by atoms with van der Waals surface area (Å²) in [6.45, 7) is 0. The Morgan fingerprint density at radius 2 is 1.20 bits per heavy atom. The van der Waals surface area contributed by atoms with E-state index in [2.05, 4.69) is 11.9 Å². The number of rotatable bonds is 0. The van der Waals surface area contributed by atoms with Crippen LogP contribution in [-0.2, 0) is 19.5 Å². The minimum absolute atomic E-state index is 0. The van der Waals surface area contributed by atoms with Gasteiger partial charge in [0.1, 0.15) is 0 Å². The summed E-state index contributed by atoms with van der Waals surface area (Å²) in [5.74, 6) is 0. The van der Waals surface area contributed by atoms with Crippen molar-refractivity contribution >= 4 is 24.3 Å². The average Bonchev–Trinajstić information content (AvgIpc) is 1.00. The number of hydrogen-bond acceptors (Lipinski definition) is 1. The van der Waals surface area contributed by atoms with E-state index in [4.69, 9.17) is 4.66 Å². The monoisotopic (exact) mass is 186 g/mol. The second-order valence-electron chi connectivity index (χ2n) is 0. The molecule has 0 radical (unpaired) electrons. The molecule has 30 valence electrons. The third-order valence-electron chi connectivity index (χ3n) is 0. The second-order valence-corrected chi connectivity index (χ2v) is 0. The summed E-state index contributed by atoms with van der Waals surface area (Å²) in [5.41, 5.74) is 0. The Labute approximate surface area is 60.8 Å². The predicted molar refractivity (Wildman–Crippen MR) is 13.1 cm³/mol. The molecule has 0 aromatic rings. The van der Waals surface area contributed by atoms with Gasteiger partial charge < -0.3 is 17.1 Å². The minimum atomic E-state index is 0. The van der Waals surface area contributed by atoms with Gasteiger partial charge in [0.25, 0.3) is 0 Å². The quantitative estimate of drug-likeness (QED) is 0.370. The van der Waals surface area contributed by atoms with Gasteiger partial charge >= 0.3 is 19.5 Å². The molecule has 0 amide bonds. The first-order valence-corrected chi connectivity index (χ1v) is 0.463. The van der Waals surface area contributed by atoms with Gasteiger partial charge in [-0.25, -0.2) is 11.9 Å². The third kappa shape index (κ3) is 30.8. The van der Waals surface area contributed by atoms with Crippen LogP contribution in [0.15, 0.2) is 0 Å². The zero-order chi connectivity index (χ0) is 2.00. The Hall–Kier alpha value is 1.45. The maximum absolute atomic E-state index is 7.72. The van der Waals surface area contributed by atoms with Gasteiger partial charge in [0.2, 0.25) is 0 Å². The molecule has 0 saturated heterocycles. The summed E-state index contributed by atoms with van der Waals surface area (Å²) in [5, 5.41) is 0. The van der Waals surface area contributed by atoms with Gasteiger partial charge in [-0.1, -0.05) is 0 Å². The molecule has 0 aromatic carbocycles. The molecule has 5 heavy (non-hydrogen) atoms. The van der Waals surface area contributed by atoms with Gasteiger partial charge in [-0.3, -0.25) is 0 Å². The van der Waals surface area contributed by atoms with Crippen molar-refractivity contribution in [2.75, 3.05) is 0 Å². The largest absolute Gasteiger partial charge is 2.00 e. The SMILES string of the molecule is Cl.[Cl-].[O-]Cl.[Zn+2]. The number of halogens is 3. The van der Waals surface area contributed by atoms with Crippen LogP contribution in [0.5, 0.6) is 0 Å². The first-order chi connectivity index (χ1) is 1.00. The van der Waals surface area contributed by atoms with E-state index in [0.717, 1.165) is 0 Å². The van der Waals surface area contributed by atoms with E-state index in [0.29, 0.717) is 0 Å². The van der Waals surface area contributed by atoms with Gasteiger partial charge in [-0.05, 0) is 0 Å². The molecule has 0 N–H and O–H groups in total. The first kappa shape index (κ1) is 31.9. The Kier molecular flexibility index (Phi) is 327. The van der Waals surface area contributed by atoms with Crippen molar-refractivity contribution in [1.29, 1.82) is 0 Å². The molecule has 0 fully saturated rings. The first-order valence-electron chi connectivity index (χ1n) is 0.154. The van der Waals surface area contributed by atoms with Gasteiger partial charge in [-0.15, -0.1) is 12.4 Å². The average molecular weight is 189 g/mol. The van der Waals surface area contributed by atoms with E-state index in [-0.39, 0.29) is 44.3 Å². The van der Waals surface area contributed by atoms with Crippen molar-refractivity contribution in [2.45, 2.75) is 0 Å². The molecule has 0 aliphatic heterocycles. The molecule has 0 aliphatic carbocycles. The summed E-state index contributed by atoms with van der Waals surface area (Å²) in [4.78, 5) is 0. The van der Waals surface area contributed by atoms with Crippen LogP contribution in [0.2, 0.25) is 0 Å². The van der Waals surface area contributed by atoms with Gasteiger partial charge in [0, 0.05) is 0 Å². The normalized spacial score (nSPS) is 1.20. The summed E-state index contributed by atoms with van der Waals surface area (Å²) in [6, 6.07) is 0. The van der Waals surface area contributed by atoms with E-state index in [1.807, 2.05) is 0 Å². The van der Waals surface area contributed by atoms with Gasteiger partial charge in [0.05, 0.1) is 0 Å². The summed E-state index contributed by atoms with van der Waals surface area (Å²) in [7, 11) is 0. The van der Waals surface area contributed by atoms with Crippen molar-refractivity contribution in [3.05, 3.63) is 0 Å². The van der Waals surface area contributed by atoms with E-state index < -0.39 is 0 Å². The Morgan fingerprint density at radius 1 is 1.20 bits per heavy atom. The molecule has 0 unspecified atom stereocenters. The molecule has 0 spiro atoms. The Bertz CT molecular complexity index is 6.85. The van der Waals surface area contributed by atoms with Crippen LogP contribution in [0.4, 0.5) is 0 Å². The van der Waals surface area contributed by atoms with E-state index in [9.17, 15) is 0 Å². The Morgan fingerprint density at radius 3 is 1.20 bits per heavy atom. The molecule has 5 heteroatoms. The molecule has 0 heterocycles. The fourth-order valence-corrected chi connectivity index (χ4v) is 0. The zero-order valence-electron chi connectivity index (χ0n) is 2.28. The van der Waals surface area contributed by atoms with Crippen LogP contribution in [0.25, 0.3) is 0 Å². The molecular weight excluding hydrogens is 188 g/mol. The third-order valence-corrected chi connectivity index (χ3v) is 0. The number of hydrogen-bond donors (Lipinski definition) is 0. The standard InChI is InChI=1S/ClO.2ClH.Zn/c1-2;;;/h;2*1H;/q-1;;;+2/p-1. The predicted octanol–water partition coefficient (Wildman–Crippen LogP) is -3.08. The molecule has 0 rings (SSSR count). The Balaban J connectivity index is -0.00000000167. The van der Waals surface area contributed by atoms with Crippen molar-refractivity contribution < 1.29 is 36.5 Å². The summed E-state index contributed by atoms with van der Waals surface area (Å²) >= 11 is 3.39. The van der Waals surface area contributed by atoms with Crippen molar-refractivity contribution in [1.82, 2.24) is 0 Å². The van der Waals surface area contributed by atoms with Crippen molar-refractivity contribution in [2.24, 2.45) is 0 Å². The molecule has 1 nitrogen and oxygen atoms in total. The molecular formula is HCl3OZn. The van der Waals surface area contributed by atoms with Gasteiger partial charge in [0.15, 0.2) is 0 Å². The van der Waals surface area contributed by atoms with Gasteiger partial charge in [-0.2, -0.15) is 0 Å². The second kappa shape index (κ2) is 51.2.